The Morgan fingerprint density at radius 2 is 2.17 bits per heavy atom. The van der Waals surface area contributed by atoms with Gasteiger partial charge in [0.1, 0.15) is 11.3 Å². The van der Waals surface area contributed by atoms with E-state index in [9.17, 15) is 8.78 Å². The lowest BCUT2D eigenvalue weighted by Gasteiger charge is -2.10. The molecule has 1 fully saturated rings. The van der Waals surface area contributed by atoms with Crippen molar-refractivity contribution in [2.24, 2.45) is 5.92 Å². The van der Waals surface area contributed by atoms with Crippen molar-refractivity contribution in [1.82, 2.24) is 9.55 Å². The average molecular weight is 271 g/mol. The molecule has 1 heterocycles. The third-order valence-electron chi connectivity index (χ3n) is 3.32. The van der Waals surface area contributed by atoms with Gasteiger partial charge in [-0.2, -0.15) is 0 Å². The highest BCUT2D eigenvalue weighted by atomic mass is 35.5. The zero-order chi connectivity index (χ0) is 12.9. The minimum Gasteiger partial charge on any atom is -0.324 e. The van der Waals surface area contributed by atoms with Gasteiger partial charge in [0.2, 0.25) is 0 Å². The zero-order valence-electron chi connectivity index (χ0n) is 9.96. The Morgan fingerprint density at radius 3 is 2.78 bits per heavy atom. The Labute approximate surface area is 109 Å². The summed E-state index contributed by atoms with van der Waals surface area (Å²) in [6.45, 7) is 2.46. The standard InChI is InChI=1S/C13H13ClF2N2/c1-7(14)13-17-10-5-4-9(15)11(16)12(10)18(13)6-8-2-3-8/h4-5,7-8H,2-3,6H2,1H3. The molecule has 1 aromatic carbocycles. The average Bonchev–Trinajstić information content (AvgIpc) is 3.04. The molecule has 2 nitrogen and oxygen atoms in total. The molecule has 5 heteroatoms. The van der Waals surface area contributed by atoms with E-state index < -0.39 is 11.6 Å². The number of benzene rings is 1. The van der Waals surface area contributed by atoms with E-state index in [4.69, 9.17) is 11.6 Å². The highest BCUT2D eigenvalue weighted by Crippen LogP contribution is 2.35. The van der Waals surface area contributed by atoms with E-state index in [1.165, 1.54) is 6.07 Å². The fourth-order valence-corrected chi connectivity index (χ4v) is 2.39. The molecule has 0 spiro atoms. The summed E-state index contributed by atoms with van der Waals surface area (Å²) in [5.41, 5.74) is 0.710. The molecule has 0 saturated heterocycles. The van der Waals surface area contributed by atoms with Crippen LogP contribution in [0.3, 0.4) is 0 Å². The number of hydrogen-bond acceptors (Lipinski definition) is 1. The van der Waals surface area contributed by atoms with E-state index >= 15 is 0 Å². The van der Waals surface area contributed by atoms with Gasteiger partial charge >= 0.3 is 0 Å². The SMILES string of the molecule is CC(Cl)c1nc2ccc(F)c(F)c2n1CC1CC1. The van der Waals surface area contributed by atoms with Crippen molar-refractivity contribution >= 4 is 22.6 Å². The van der Waals surface area contributed by atoms with Gasteiger partial charge in [-0.05, 0) is 37.8 Å². The lowest BCUT2D eigenvalue weighted by atomic mass is 10.3. The summed E-state index contributed by atoms with van der Waals surface area (Å²) < 4.78 is 29.0. The van der Waals surface area contributed by atoms with E-state index in [-0.39, 0.29) is 10.9 Å². The molecular formula is C13H13ClF2N2. The van der Waals surface area contributed by atoms with Crippen LogP contribution in [0.25, 0.3) is 11.0 Å². The first kappa shape index (κ1) is 11.9. The van der Waals surface area contributed by atoms with Crippen LogP contribution in [-0.2, 0) is 6.54 Å². The molecule has 1 atom stereocenters. The highest BCUT2D eigenvalue weighted by Gasteiger charge is 2.27. The largest absolute Gasteiger partial charge is 0.324 e. The fraction of sp³-hybridized carbons (Fsp3) is 0.462. The Balaban J connectivity index is 2.24. The molecule has 0 bridgehead atoms. The Bertz CT molecular complexity index is 603. The molecule has 1 aromatic heterocycles. The van der Waals surface area contributed by atoms with Gasteiger partial charge in [-0.1, -0.05) is 0 Å². The predicted octanol–water partition coefficient (Wildman–Crippen LogP) is 4.02. The van der Waals surface area contributed by atoms with Crippen LogP contribution in [-0.4, -0.2) is 9.55 Å². The van der Waals surface area contributed by atoms with E-state index in [0.717, 1.165) is 18.9 Å². The van der Waals surface area contributed by atoms with E-state index in [1.54, 1.807) is 11.5 Å². The highest BCUT2D eigenvalue weighted by molar-refractivity contribution is 6.20. The second-order valence-electron chi connectivity index (χ2n) is 4.87. The second-order valence-corrected chi connectivity index (χ2v) is 5.52. The first-order valence-corrected chi connectivity index (χ1v) is 6.49. The first-order valence-electron chi connectivity index (χ1n) is 6.06. The summed E-state index contributed by atoms with van der Waals surface area (Å²) in [5, 5.41) is -0.321. The molecule has 0 N–H and O–H groups in total. The number of alkyl halides is 1. The quantitative estimate of drug-likeness (QED) is 0.770. The molecular weight excluding hydrogens is 258 g/mol. The number of halogens is 3. The molecule has 1 saturated carbocycles. The van der Waals surface area contributed by atoms with Crippen molar-refractivity contribution in [2.45, 2.75) is 31.7 Å². The Morgan fingerprint density at radius 1 is 1.44 bits per heavy atom. The summed E-state index contributed by atoms with van der Waals surface area (Å²) in [6, 6.07) is 2.61. The molecule has 1 unspecified atom stereocenters. The van der Waals surface area contributed by atoms with Crippen molar-refractivity contribution < 1.29 is 8.78 Å². The number of rotatable bonds is 3. The maximum atomic E-state index is 13.9. The molecule has 3 rings (SSSR count). The van der Waals surface area contributed by atoms with E-state index in [0.29, 0.717) is 23.8 Å². The number of fused-ring (bicyclic) bond motifs is 1. The monoisotopic (exact) mass is 270 g/mol. The lowest BCUT2D eigenvalue weighted by molar-refractivity contribution is 0.507. The van der Waals surface area contributed by atoms with Crippen molar-refractivity contribution in [1.29, 1.82) is 0 Å². The van der Waals surface area contributed by atoms with Crippen LogP contribution >= 0.6 is 11.6 Å². The van der Waals surface area contributed by atoms with Crippen LogP contribution < -0.4 is 0 Å². The molecule has 2 aromatic rings. The van der Waals surface area contributed by atoms with Crippen molar-refractivity contribution in [3.8, 4) is 0 Å². The second kappa shape index (κ2) is 4.19. The van der Waals surface area contributed by atoms with Crippen LogP contribution in [0, 0.1) is 17.6 Å². The maximum Gasteiger partial charge on any atom is 0.184 e. The van der Waals surface area contributed by atoms with Gasteiger partial charge in [-0.15, -0.1) is 11.6 Å². The van der Waals surface area contributed by atoms with Crippen molar-refractivity contribution in [3.63, 3.8) is 0 Å². The Hall–Kier alpha value is -1.16. The normalized spacial score (nSPS) is 17.3. The van der Waals surface area contributed by atoms with E-state index in [2.05, 4.69) is 4.98 Å². The third-order valence-corrected chi connectivity index (χ3v) is 3.52. The van der Waals surface area contributed by atoms with Gasteiger partial charge in [0.05, 0.1) is 10.9 Å². The predicted molar refractivity (Wildman–Crippen MR) is 66.6 cm³/mol. The molecule has 0 radical (unpaired) electrons. The van der Waals surface area contributed by atoms with Crippen LogP contribution in [0.5, 0.6) is 0 Å². The smallest absolute Gasteiger partial charge is 0.184 e. The number of hydrogen-bond donors (Lipinski definition) is 0. The molecule has 18 heavy (non-hydrogen) atoms. The summed E-state index contributed by atoms with van der Waals surface area (Å²) in [5.74, 6) is -0.514. The van der Waals surface area contributed by atoms with Gasteiger partial charge in [0.15, 0.2) is 11.6 Å². The lowest BCUT2D eigenvalue weighted by Crippen LogP contribution is -2.07. The van der Waals surface area contributed by atoms with Crippen molar-refractivity contribution in [3.05, 3.63) is 29.6 Å². The van der Waals surface area contributed by atoms with Gasteiger partial charge < -0.3 is 4.57 Å². The molecule has 1 aliphatic rings. The molecule has 0 amide bonds. The molecule has 96 valence electrons. The summed E-state index contributed by atoms with van der Waals surface area (Å²) in [7, 11) is 0. The zero-order valence-corrected chi connectivity index (χ0v) is 10.7. The van der Waals surface area contributed by atoms with Gasteiger partial charge in [-0.3, -0.25) is 0 Å². The van der Waals surface area contributed by atoms with Crippen LogP contribution in [0.15, 0.2) is 12.1 Å². The first-order chi connectivity index (χ1) is 8.58. The number of aromatic nitrogens is 2. The topological polar surface area (TPSA) is 17.8 Å². The number of nitrogens with zero attached hydrogens (tertiary/aromatic N) is 2. The fourth-order valence-electron chi connectivity index (χ4n) is 2.22. The van der Waals surface area contributed by atoms with Crippen LogP contribution in [0.1, 0.15) is 31.0 Å². The molecule has 0 aliphatic heterocycles. The summed E-state index contributed by atoms with van der Waals surface area (Å²) >= 11 is 6.08. The van der Waals surface area contributed by atoms with Gasteiger partial charge in [-0.25, -0.2) is 13.8 Å². The number of imidazole rings is 1. The third kappa shape index (κ3) is 1.88. The Kier molecular flexibility index (Phi) is 2.77. The van der Waals surface area contributed by atoms with Gasteiger partial charge in [0, 0.05) is 6.54 Å². The van der Waals surface area contributed by atoms with Crippen LogP contribution in [0.4, 0.5) is 8.78 Å². The minimum absolute atomic E-state index is 0.240. The maximum absolute atomic E-state index is 13.9. The molecule has 1 aliphatic carbocycles. The van der Waals surface area contributed by atoms with Crippen LogP contribution in [0.2, 0.25) is 0 Å². The summed E-state index contributed by atoms with van der Waals surface area (Å²) in [6.07, 6.45) is 2.26. The van der Waals surface area contributed by atoms with E-state index in [1.807, 2.05) is 0 Å². The van der Waals surface area contributed by atoms with Gasteiger partial charge in [0.25, 0.3) is 0 Å². The summed E-state index contributed by atoms with van der Waals surface area (Å²) in [4.78, 5) is 4.32. The minimum atomic E-state index is -0.840. The van der Waals surface area contributed by atoms with Crippen molar-refractivity contribution in [2.75, 3.05) is 0 Å².